The van der Waals surface area contributed by atoms with Gasteiger partial charge in [0, 0.05) is 13.1 Å². The highest BCUT2D eigenvalue weighted by atomic mass is 16.5. The number of nitrogens with one attached hydrogen (secondary N) is 1. The number of hydrogen-bond acceptors (Lipinski definition) is 6. The minimum absolute atomic E-state index is 0.166. The van der Waals surface area contributed by atoms with Gasteiger partial charge in [0.05, 0.1) is 38.5 Å². The van der Waals surface area contributed by atoms with Crippen molar-refractivity contribution in [1.29, 1.82) is 0 Å². The summed E-state index contributed by atoms with van der Waals surface area (Å²) in [5.41, 5.74) is 0.591. The summed E-state index contributed by atoms with van der Waals surface area (Å²) in [4.78, 5) is 28.4. The molecule has 3 rings (SSSR count). The third-order valence-electron chi connectivity index (χ3n) is 4.62. The zero-order valence-electron chi connectivity index (χ0n) is 14.6. The molecule has 0 aromatic heterocycles. The lowest BCUT2D eigenvalue weighted by Crippen LogP contribution is -2.41. The largest absolute Gasteiger partial charge is 0.497 e. The van der Waals surface area contributed by atoms with Gasteiger partial charge in [0.1, 0.15) is 5.75 Å². The summed E-state index contributed by atoms with van der Waals surface area (Å²) in [6.45, 7) is 5.21. The number of ether oxygens (including phenoxy) is 2. The average Bonchev–Trinajstić information content (AvgIpc) is 2.93. The van der Waals surface area contributed by atoms with Crippen molar-refractivity contribution in [3.63, 3.8) is 0 Å². The monoisotopic (exact) mass is 347 g/mol. The molecule has 0 bridgehead atoms. The second-order valence-electron chi connectivity index (χ2n) is 6.28. The van der Waals surface area contributed by atoms with Crippen LogP contribution in [0.5, 0.6) is 5.75 Å². The molecule has 1 aromatic carbocycles. The topological polar surface area (TPSA) is 71.1 Å². The van der Waals surface area contributed by atoms with Crippen LogP contribution in [-0.4, -0.2) is 69.3 Å². The molecule has 2 aliphatic rings. The van der Waals surface area contributed by atoms with Crippen LogP contribution in [0.25, 0.3) is 0 Å². The first-order valence-electron chi connectivity index (χ1n) is 8.73. The summed E-state index contributed by atoms with van der Waals surface area (Å²) >= 11 is 0. The number of anilines is 1. The van der Waals surface area contributed by atoms with E-state index in [4.69, 9.17) is 9.47 Å². The summed E-state index contributed by atoms with van der Waals surface area (Å²) in [6, 6.07) is 6.53. The van der Waals surface area contributed by atoms with Crippen LogP contribution in [0, 0.1) is 0 Å². The number of amides is 2. The number of methoxy groups -OCH3 is 1. The summed E-state index contributed by atoms with van der Waals surface area (Å²) in [6.07, 6.45) is 1.16. The molecule has 2 amide bonds. The highest BCUT2D eigenvalue weighted by Crippen LogP contribution is 2.25. The van der Waals surface area contributed by atoms with E-state index >= 15 is 0 Å². The number of hydrogen-bond donors (Lipinski definition) is 1. The fourth-order valence-corrected chi connectivity index (χ4v) is 3.20. The molecule has 2 fully saturated rings. The van der Waals surface area contributed by atoms with Gasteiger partial charge in [0.2, 0.25) is 5.91 Å². The Balaban J connectivity index is 1.48. The average molecular weight is 347 g/mol. The fourth-order valence-electron chi connectivity index (χ4n) is 3.20. The van der Waals surface area contributed by atoms with Crippen molar-refractivity contribution in [2.75, 3.05) is 51.4 Å². The predicted molar refractivity (Wildman–Crippen MR) is 93.8 cm³/mol. The first-order chi connectivity index (χ1) is 12.2. The molecule has 0 spiro atoms. The van der Waals surface area contributed by atoms with E-state index in [0.717, 1.165) is 45.8 Å². The van der Waals surface area contributed by atoms with Gasteiger partial charge in [-0.3, -0.25) is 14.5 Å². The number of benzene rings is 1. The summed E-state index contributed by atoms with van der Waals surface area (Å²) < 4.78 is 10.4. The number of rotatable bonds is 7. The SMILES string of the molecule is COc1ccc(N2C(=O)C[C@H](NCCCN3CCOCC3)C2=O)cc1. The molecule has 0 aliphatic carbocycles. The Morgan fingerprint density at radius 2 is 1.92 bits per heavy atom. The molecular formula is C18H25N3O4. The van der Waals surface area contributed by atoms with Crippen LogP contribution in [0.4, 0.5) is 5.69 Å². The summed E-state index contributed by atoms with van der Waals surface area (Å²) in [7, 11) is 1.58. The Morgan fingerprint density at radius 3 is 2.60 bits per heavy atom. The van der Waals surface area contributed by atoms with Crippen molar-refractivity contribution in [3.8, 4) is 5.75 Å². The molecule has 1 N–H and O–H groups in total. The van der Waals surface area contributed by atoms with Crippen molar-refractivity contribution in [3.05, 3.63) is 24.3 Å². The van der Waals surface area contributed by atoms with Crippen molar-refractivity contribution in [1.82, 2.24) is 10.2 Å². The minimum Gasteiger partial charge on any atom is -0.497 e. The van der Waals surface area contributed by atoms with E-state index in [-0.39, 0.29) is 18.2 Å². The lowest BCUT2D eigenvalue weighted by Gasteiger charge is -2.26. The molecule has 25 heavy (non-hydrogen) atoms. The first-order valence-corrected chi connectivity index (χ1v) is 8.73. The summed E-state index contributed by atoms with van der Waals surface area (Å²) in [5, 5.41) is 3.23. The smallest absolute Gasteiger partial charge is 0.251 e. The van der Waals surface area contributed by atoms with Crippen LogP contribution in [0.2, 0.25) is 0 Å². The van der Waals surface area contributed by atoms with Crippen LogP contribution in [0.3, 0.4) is 0 Å². The number of morpholine rings is 1. The molecule has 0 saturated carbocycles. The molecular weight excluding hydrogens is 322 g/mol. The van der Waals surface area contributed by atoms with Crippen molar-refractivity contribution >= 4 is 17.5 Å². The predicted octanol–water partition coefficient (Wildman–Crippen LogP) is 0.639. The van der Waals surface area contributed by atoms with E-state index in [9.17, 15) is 9.59 Å². The molecule has 1 aromatic rings. The zero-order valence-corrected chi connectivity index (χ0v) is 14.6. The molecule has 1 atom stereocenters. The van der Waals surface area contributed by atoms with Crippen LogP contribution in [0.15, 0.2) is 24.3 Å². The van der Waals surface area contributed by atoms with Crippen molar-refractivity contribution in [2.45, 2.75) is 18.9 Å². The van der Waals surface area contributed by atoms with Gasteiger partial charge in [-0.1, -0.05) is 0 Å². The Labute approximate surface area is 147 Å². The van der Waals surface area contributed by atoms with E-state index in [1.54, 1.807) is 31.4 Å². The molecule has 2 heterocycles. The van der Waals surface area contributed by atoms with Gasteiger partial charge in [-0.25, -0.2) is 4.90 Å². The quantitative estimate of drug-likeness (QED) is 0.577. The lowest BCUT2D eigenvalue weighted by atomic mass is 10.2. The maximum absolute atomic E-state index is 12.6. The third kappa shape index (κ3) is 4.36. The van der Waals surface area contributed by atoms with E-state index in [2.05, 4.69) is 10.2 Å². The van der Waals surface area contributed by atoms with Crippen LogP contribution >= 0.6 is 0 Å². The Kier molecular flexibility index (Phi) is 6.01. The lowest BCUT2D eigenvalue weighted by molar-refractivity contribution is -0.121. The Morgan fingerprint density at radius 1 is 1.20 bits per heavy atom. The van der Waals surface area contributed by atoms with Gasteiger partial charge < -0.3 is 14.8 Å². The van der Waals surface area contributed by atoms with Crippen LogP contribution in [-0.2, 0) is 14.3 Å². The van der Waals surface area contributed by atoms with Crippen LogP contribution < -0.4 is 15.0 Å². The van der Waals surface area contributed by atoms with Gasteiger partial charge in [0.25, 0.3) is 5.91 Å². The second kappa shape index (κ2) is 8.42. The number of carbonyl (C=O) groups excluding carboxylic acids is 2. The summed E-state index contributed by atoms with van der Waals surface area (Å²) in [5.74, 6) is 0.350. The van der Waals surface area contributed by atoms with Gasteiger partial charge in [-0.05, 0) is 43.8 Å². The number of carbonyl (C=O) groups is 2. The van der Waals surface area contributed by atoms with Gasteiger partial charge in [-0.2, -0.15) is 0 Å². The van der Waals surface area contributed by atoms with Gasteiger partial charge in [0.15, 0.2) is 0 Å². The molecule has 2 aliphatic heterocycles. The van der Waals surface area contributed by atoms with Gasteiger partial charge >= 0.3 is 0 Å². The highest BCUT2D eigenvalue weighted by Gasteiger charge is 2.39. The molecule has 0 unspecified atom stereocenters. The zero-order chi connectivity index (χ0) is 17.6. The minimum atomic E-state index is -0.431. The third-order valence-corrected chi connectivity index (χ3v) is 4.62. The normalized spacial score (nSPS) is 21.8. The van der Waals surface area contributed by atoms with Gasteiger partial charge in [-0.15, -0.1) is 0 Å². The molecule has 0 radical (unpaired) electrons. The molecule has 7 nitrogen and oxygen atoms in total. The maximum Gasteiger partial charge on any atom is 0.251 e. The van der Waals surface area contributed by atoms with E-state index < -0.39 is 6.04 Å². The molecule has 7 heteroatoms. The van der Waals surface area contributed by atoms with E-state index in [1.165, 1.54) is 4.90 Å². The van der Waals surface area contributed by atoms with Crippen molar-refractivity contribution < 1.29 is 19.1 Å². The standard InChI is InChI=1S/C18H25N3O4/c1-24-15-5-3-14(4-6-15)21-17(22)13-16(18(21)23)19-7-2-8-20-9-11-25-12-10-20/h3-6,16,19H,2,7-13H2,1H3/t16-/m0/s1. The first kappa shape index (κ1) is 17.8. The molecule has 136 valence electrons. The van der Waals surface area contributed by atoms with E-state index in [1.807, 2.05) is 0 Å². The Bertz CT molecular complexity index is 599. The molecule has 2 saturated heterocycles. The van der Waals surface area contributed by atoms with E-state index in [0.29, 0.717) is 11.4 Å². The highest BCUT2D eigenvalue weighted by molar-refractivity contribution is 6.22. The second-order valence-corrected chi connectivity index (χ2v) is 6.28. The number of nitrogens with zero attached hydrogens (tertiary/aromatic N) is 2. The maximum atomic E-state index is 12.6. The van der Waals surface area contributed by atoms with Crippen LogP contribution in [0.1, 0.15) is 12.8 Å². The fraction of sp³-hybridized carbons (Fsp3) is 0.556. The van der Waals surface area contributed by atoms with Crippen molar-refractivity contribution in [2.24, 2.45) is 0 Å². The number of imide groups is 1. The Hall–Kier alpha value is -1.96.